The molecule has 0 saturated carbocycles. The van der Waals surface area contributed by atoms with E-state index >= 15 is 0 Å². The Hall–Kier alpha value is -3.10. The zero-order valence-electron chi connectivity index (χ0n) is 15.1. The molecule has 4 rings (SSSR count). The van der Waals surface area contributed by atoms with Crippen LogP contribution in [0.3, 0.4) is 0 Å². The summed E-state index contributed by atoms with van der Waals surface area (Å²) in [5.74, 6) is -0.313. The van der Waals surface area contributed by atoms with Crippen LogP contribution in [0.4, 0.5) is 8.78 Å². The van der Waals surface area contributed by atoms with Gasteiger partial charge < -0.3 is 9.84 Å². The first kappa shape index (κ1) is 19.2. The fourth-order valence-corrected chi connectivity index (χ4v) is 3.85. The fraction of sp³-hybridized carbons (Fsp3) is 0.143. The van der Waals surface area contributed by atoms with Crippen LogP contribution in [0.5, 0.6) is 5.75 Å². The molecular formula is C21H16F2N2O3S. The van der Waals surface area contributed by atoms with Gasteiger partial charge in [0, 0.05) is 10.9 Å². The average Bonchev–Trinajstić information content (AvgIpc) is 3.15. The first-order valence-electron chi connectivity index (χ1n) is 8.80. The number of aliphatic hydroxyl groups excluding tert-OH is 1. The Bertz CT molecular complexity index is 1190. The van der Waals surface area contributed by atoms with E-state index in [9.17, 15) is 18.7 Å². The van der Waals surface area contributed by atoms with Crippen LogP contribution in [0.1, 0.15) is 0 Å². The van der Waals surface area contributed by atoms with Crippen molar-refractivity contribution in [3.8, 4) is 16.9 Å². The second-order valence-corrected chi connectivity index (χ2v) is 7.32. The number of aliphatic hydroxyl groups is 1. The number of halogens is 2. The fourth-order valence-electron chi connectivity index (χ4n) is 2.94. The Morgan fingerprint density at radius 1 is 1.07 bits per heavy atom. The number of rotatable bonds is 6. The van der Waals surface area contributed by atoms with Gasteiger partial charge in [0.15, 0.2) is 0 Å². The molecule has 5 nitrogen and oxygen atoms in total. The smallest absolute Gasteiger partial charge is 0.262 e. The van der Waals surface area contributed by atoms with Crippen molar-refractivity contribution in [1.82, 2.24) is 9.55 Å². The van der Waals surface area contributed by atoms with Gasteiger partial charge in [-0.3, -0.25) is 9.36 Å². The molecule has 2 heterocycles. The van der Waals surface area contributed by atoms with Gasteiger partial charge in [0.1, 0.15) is 34.9 Å². The number of nitrogens with zero attached hydrogens (tertiary/aromatic N) is 2. The molecule has 148 valence electrons. The molecule has 1 atom stereocenters. The van der Waals surface area contributed by atoms with E-state index in [1.165, 1.54) is 58.6 Å². The maximum absolute atomic E-state index is 13.2. The van der Waals surface area contributed by atoms with Crippen molar-refractivity contribution in [3.63, 3.8) is 0 Å². The lowest BCUT2D eigenvalue weighted by atomic mass is 10.1. The molecule has 2 aromatic carbocycles. The molecule has 0 spiro atoms. The SMILES string of the molecule is O=c1c2c(-c3ccc(F)cc3)csc2ncn1CC(O)COc1ccc(F)cc1. The molecular weight excluding hydrogens is 398 g/mol. The third-order valence-corrected chi connectivity index (χ3v) is 5.27. The average molecular weight is 414 g/mol. The molecule has 0 bridgehead atoms. The topological polar surface area (TPSA) is 64.4 Å². The van der Waals surface area contributed by atoms with E-state index in [-0.39, 0.29) is 30.3 Å². The van der Waals surface area contributed by atoms with E-state index < -0.39 is 6.10 Å². The number of ether oxygens (including phenoxy) is 1. The van der Waals surface area contributed by atoms with Crippen LogP contribution in [0.2, 0.25) is 0 Å². The van der Waals surface area contributed by atoms with Gasteiger partial charge in [-0.15, -0.1) is 11.3 Å². The molecule has 8 heteroatoms. The molecule has 0 aliphatic heterocycles. The third-order valence-electron chi connectivity index (χ3n) is 4.38. The molecule has 2 aromatic heterocycles. The van der Waals surface area contributed by atoms with Gasteiger partial charge in [0.2, 0.25) is 0 Å². The number of fused-ring (bicyclic) bond motifs is 1. The van der Waals surface area contributed by atoms with Crippen molar-refractivity contribution >= 4 is 21.6 Å². The molecule has 1 N–H and O–H groups in total. The number of benzene rings is 2. The second kappa shape index (κ2) is 8.10. The van der Waals surface area contributed by atoms with E-state index in [2.05, 4.69) is 4.98 Å². The van der Waals surface area contributed by atoms with Crippen molar-refractivity contribution < 1.29 is 18.6 Å². The van der Waals surface area contributed by atoms with Crippen LogP contribution in [-0.4, -0.2) is 27.4 Å². The Kier molecular flexibility index (Phi) is 5.37. The summed E-state index contributed by atoms with van der Waals surface area (Å²) < 4.78 is 32.9. The van der Waals surface area contributed by atoms with Crippen molar-refractivity contribution in [2.75, 3.05) is 6.61 Å². The highest BCUT2D eigenvalue weighted by Gasteiger charge is 2.15. The minimum atomic E-state index is -0.968. The third kappa shape index (κ3) is 4.18. The summed E-state index contributed by atoms with van der Waals surface area (Å²) in [6, 6.07) is 11.3. The van der Waals surface area contributed by atoms with Gasteiger partial charge in [-0.05, 0) is 42.0 Å². The molecule has 4 aromatic rings. The van der Waals surface area contributed by atoms with Gasteiger partial charge >= 0.3 is 0 Å². The molecule has 0 fully saturated rings. The number of thiophene rings is 1. The molecule has 1 unspecified atom stereocenters. The van der Waals surface area contributed by atoms with Gasteiger partial charge in [0.25, 0.3) is 5.56 Å². The highest BCUT2D eigenvalue weighted by molar-refractivity contribution is 7.17. The quantitative estimate of drug-likeness (QED) is 0.521. The van der Waals surface area contributed by atoms with Crippen LogP contribution in [0, 0.1) is 11.6 Å². The van der Waals surface area contributed by atoms with E-state index in [4.69, 9.17) is 4.74 Å². The lowest BCUT2D eigenvalue weighted by molar-refractivity contribution is 0.0914. The zero-order chi connectivity index (χ0) is 20.4. The van der Waals surface area contributed by atoms with E-state index in [0.29, 0.717) is 21.5 Å². The summed E-state index contributed by atoms with van der Waals surface area (Å²) in [5, 5.41) is 12.5. The van der Waals surface area contributed by atoms with E-state index in [1.807, 2.05) is 5.38 Å². The lowest BCUT2D eigenvalue weighted by Gasteiger charge is -2.14. The van der Waals surface area contributed by atoms with Crippen molar-refractivity contribution in [1.29, 1.82) is 0 Å². The summed E-state index contributed by atoms with van der Waals surface area (Å²) in [4.78, 5) is 17.8. The number of hydrogen-bond acceptors (Lipinski definition) is 5. The maximum Gasteiger partial charge on any atom is 0.262 e. The predicted octanol–water partition coefficient (Wildman–Crippen LogP) is 3.84. The van der Waals surface area contributed by atoms with Crippen LogP contribution in [-0.2, 0) is 6.54 Å². The Morgan fingerprint density at radius 2 is 1.72 bits per heavy atom. The van der Waals surface area contributed by atoms with Crippen molar-refractivity contribution in [2.45, 2.75) is 12.6 Å². The molecule has 0 aliphatic carbocycles. The van der Waals surface area contributed by atoms with Gasteiger partial charge in [-0.25, -0.2) is 13.8 Å². The normalized spacial score (nSPS) is 12.2. The van der Waals surface area contributed by atoms with Crippen LogP contribution in [0.15, 0.2) is 65.0 Å². The standard InChI is InChI=1S/C21H16F2N2O3S/c22-14-3-1-13(2-4-14)18-11-29-20-19(18)21(27)25(12-24-20)9-16(26)10-28-17-7-5-15(23)6-8-17/h1-8,11-12,16,26H,9-10H2. The molecule has 29 heavy (non-hydrogen) atoms. The first-order valence-corrected chi connectivity index (χ1v) is 9.68. The van der Waals surface area contributed by atoms with Crippen LogP contribution < -0.4 is 10.3 Å². The number of hydrogen-bond donors (Lipinski definition) is 1. The van der Waals surface area contributed by atoms with Gasteiger partial charge in [0.05, 0.1) is 18.3 Å². The van der Waals surface area contributed by atoms with E-state index in [0.717, 1.165) is 5.56 Å². The minimum absolute atomic E-state index is 0.0122. The largest absolute Gasteiger partial charge is 0.491 e. The Balaban J connectivity index is 1.55. The summed E-state index contributed by atoms with van der Waals surface area (Å²) in [5.41, 5.74) is 1.10. The lowest BCUT2D eigenvalue weighted by Crippen LogP contribution is -2.30. The Morgan fingerprint density at radius 3 is 2.41 bits per heavy atom. The molecule has 0 radical (unpaired) electrons. The van der Waals surface area contributed by atoms with Crippen LogP contribution >= 0.6 is 11.3 Å². The summed E-state index contributed by atoms with van der Waals surface area (Å²) in [6.45, 7) is -0.0771. The van der Waals surface area contributed by atoms with Crippen molar-refractivity contribution in [3.05, 3.63) is 82.2 Å². The monoisotopic (exact) mass is 414 g/mol. The van der Waals surface area contributed by atoms with Gasteiger partial charge in [-0.1, -0.05) is 12.1 Å². The highest BCUT2D eigenvalue weighted by Crippen LogP contribution is 2.30. The summed E-state index contributed by atoms with van der Waals surface area (Å²) in [7, 11) is 0. The molecule has 0 aliphatic rings. The van der Waals surface area contributed by atoms with E-state index in [1.54, 1.807) is 12.1 Å². The Labute approximate surface area is 168 Å². The minimum Gasteiger partial charge on any atom is -0.491 e. The summed E-state index contributed by atoms with van der Waals surface area (Å²) >= 11 is 1.33. The van der Waals surface area contributed by atoms with Crippen molar-refractivity contribution in [2.24, 2.45) is 0 Å². The van der Waals surface area contributed by atoms with Gasteiger partial charge in [-0.2, -0.15) is 0 Å². The second-order valence-electron chi connectivity index (χ2n) is 6.46. The molecule has 0 amide bonds. The maximum atomic E-state index is 13.2. The predicted molar refractivity (Wildman–Crippen MR) is 107 cm³/mol. The highest BCUT2D eigenvalue weighted by atomic mass is 32.1. The molecule has 0 saturated heterocycles. The zero-order valence-corrected chi connectivity index (χ0v) is 15.9. The van der Waals surface area contributed by atoms with Crippen LogP contribution in [0.25, 0.3) is 21.3 Å². The number of aromatic nitrogens is 2. The summed E-state index contributed by atoms with van der Waals surface area (Å²) in [6.07, 6.45) is 0.418. The first-order chi connectivity index (χ1) is 14.0.